The molecular weight excluding hydrogens is 410 g/mol. The standard InChI is InChI=1S/C13H11NO2.C12H16O.2C2H6/c1-10(15)11-3-2-4-13(9-11)16-12-5-7-14-8-6-12;1-9(13)10-5-7-11(8-6-10)12(2,3)4;2*1-2/h2-9H,1H3;5-8H,1-4H3;2*1-2H3. The molecule has 0 spiro atoms. The first-order valence-corrected chi connectivity index (χ1v) is 11.5. The molecule has 0 aliphatic rings. The van der Waals surface area contributed by atoms with E-state index in [0.29, 0.717) is 17.1 Å². The fourth-order valence-electron chi connectivity index (χ4n) is 2.53. The summed E-state index contributed by atoms with van der Waals surface area (Å²) in [5.74, 6) is 1.51. The van der Waals surface area contributed by atoms with Gasteiger partial charge in [0.15, 0.2) is 11.6 Å². The molecule has 0 bridgehead atoms. The second kappa shape index (κ2) is 15.5. The minimum atomic E-state index is 0.0279. The van der Waals surface area contributed by atoms with Crippen LogP contribution in [0.4, 0.5) is 0 Å². The van der Waals surface area contributed by atoms with E-state index in [4.69, 9.17) is 4.74 Å². The first-order chi connectivity index (χ1) is 15.7. The number of ketones is 2. The maximum atomic E-state index is 11.2. The maximum Gasteiger partial charge on any atom is 0.159 e. The van der Waals surface area contributed by atoms with Gasteiger partial charge in [-0.05, 0) is 49.1 Å². The molecule has 4 nitrogen and oxygen atoms in total. The van der Waals surface area contributed by atoms with Crippen LogP contribution in [0.15, 0.2) is 73.1 Å². The van der Waals surface area contributed by atoms with Crippen molar-refractivity contribution in [1.82, 2.24) is 4.98 Å². The van der Waals surface area contributed by atoms with Crippen LogP contribution in [0.5, 0.6) is 11.5 Å². The summed E-state index contributed by atoms with van der Waals surface area (Å²) in [6, 6.07) is 18.5. The summed E-state index contributed by atoms with van der Waals surface area (Å²) in [6.07, 6.45) is 3.31. The fourth-order valence-corrected chi connectivity index (χ4v) is 2.53. The Labute approximate surface area is 200 Å². The summed E-state index contributed by atoms with van der Waals surface area (Å²) < 4.78 is 5.58. The topological polar surface area (TPSA) is 56.3 Å². The predicted molar refractivity (Wildman–Crippen MR) is 139 cm³/mol. The van der Waals surface area contributed by atoms with Crippen molar-refractivity contribution in [3.8, 4) is 11.5 Å². The SMILES string of the molecule is CC.CC.CC(=O)c1ccc(C(C)(C)C)cc1.CC(=O)c1cccc(Oc2ccncc2)c1. The number of carbonyl (C=O) groups excluding carboxylic acids is 2. The Hall–Kier alpha value is -3.27. The van der Waals surface area contributed by atoms with E-state index >= 15 is 0 Å². The van der Waals surface area contributed by atoms with Crippen molar-refractivity contribution in [3.63, 3.8) is 0 Å². The Morgan fingerprint density at radius 3 is 1.67 bits per heavy atom. The van der Waals surface area contributed by atoms with Crippen LogP contribution in [0.1, 0.15) is 88.6 Å². The Bertz CT molecular complexity index is 956. The number of Topliss-reactive ketones (excluding diaryl/α,β-unsaturated/α-hetero) is 2. The zero-order valence-corrected chi connectivity index (χ0v) is 21.6. The quantitative estimate of drug-likeness (QED) is 0.376. The lowest BCUT2D eigenvalue weighted by molar-refractivity contribution is 0.100. The fraction of sp³-hybridized carbons (Fsp3) is 0.345. The molecule has 0 N–H and O–H groups in total. The average Bonchev–Trinajstić information content (AvgIpc) is 2.82. The number of nitrogens with zero attached hydrogens (tertiary/aromatic N) is 1. The zero-order valence-electron chi connectivity index (χ0n) is 21.6. The molecule has 2 aromatic carbocycles. The van der Waals surface area contributed by atoms with Gasteiger partial charge >= 0.3 is 0 Å². The largest absolute Gasteiger partial charge is 0.457 e. The lowest BCUT2D eigenvalue weighted by atomic mass is 9.86. The molecule has 0 atom stereocenters. The molecule has 0 aliphatic carbocycles. The summed E-state index contributed by atoms with van der Waals surface area (Å²) in [6.45, 7) is 17.6. The molecule has 0 aliphatic heterocycles. The van der Waals surface area contributed by atoms with Gasteiger partial charge in [0.2, 0.25) is 0 Å². The number of carbonyl (C=O) groups is 2. The molecule has 0 unspecified atom stereocenters. The van der Waals surface area contributed by atoms with Gasteiger partial charge in [-0.25, -0.2) is 0 Å². The number of rotatable bonds is 4. The number of hydrogen-bond donors (Lipinski definition) is 0. The smallest absolute Gasteiger partial charge is 0.159 e. The molecule has 0 radical (unpaired) electrons. The van der Waals surface area contributed by atoms with E-state index in [9.17, 15) is 9.59 Å². The molecule has 3 aromatic rings. The van der Waals surface area contributed by atoms with E-state index in [1.165, 1.54) is 12.5 Å². The zero-order chi connectivity index (χ0) is 25.4. The monoisotopic (exact) mass is 449 g/mol. The number of ether oxygens (including phenoxy) is 1. The third kappa shape index (κ3) is 11.2. The van der Waals surface area contributed by atoms with Crippen molar-refractivity contribution in [3.05, 3.63) is 89.7 Å². The molecule has 0 saturated carbocycles. The van der Waals surface area contributed by atoms with Crippen LogP contribution in [-0.2, 0) is 5.41 Å². The first-order valence-electron chi connectivity index (χ1n) is 11.5. The van der Waals surface area contributed by atoms with Crippen molar-refractivity contribution in [2.45, 2.75) is 67.7 Å². The van der Waals surface area contributed by atoms with Crippen molar-refractivity contribution in [1.29, 1.82) is 0 Å². The van der Waals surface area contributed by atoms with Crippen LogP contribution in [0, 0.1) is 0 Å². The highest BCUT2D eigenvalue weighted by atomic mass is 16.5. The Balaban J connectivity index is 0.000000549. The van der Waals surface area contributed by atoms with Gasteiger partial charge in [-0.15, -0.1) is 0 Å². The van der Waals surface area contributed by atoms with Crippen molar-refractivity contribution in [2.75, 3.05) is 0 Å². The second-order valence-corrected chi connectivity index (χ2v) is 7.75. The molecular formula is C29H39NO3. The minimum absolute atomic E-state index is 0.0279. The maximum absolute atomic E-state index is 11.2. The highest BCUT2D eigenvalue weighted by Crippen LogP contribution is 2.22. The van der Waals surface area contributed by atoms with E-state index in [-0.39, 0.29) is 17.0 Å². The van der Waals surface area contributed by atoms with Gasteiger partial charge in [0, 0.05) is 23.5 Å². The number of pyridine rings is 1. The Morgan fingerprint density at radius 1 is 0.697 bits per heavy atom. The molecule has 4 heteroatoms. The minimum Gasteiger partial charge on any atom is -0.457 e. The Kier molecular flexibility index (Phi) is 14.0. The van der Waals surface area contributed by atoms with Gasteiger partial charge in [-0.3, -0.25) is 14.6 Å². The number of aromatic nitrogens is 1. The summed E-state index contributed by atoms with van der Waals surface area (Å²) in [4.78, 5) is 26.1. The normalized spacial score (nSPS) is 9.61. The van der Waals surface area contributed by atoms with Crippen molar-refractivity contribution in [2.24, 2.45) is 0 Å². The average molecular weight is 450 g/mol. The van der Waals surface area contributed by atoms with Gasteiger partial charge in [0.05, 0.1) is 0 Å². The lowest BCUT2D eigenvalue weighted by Crippen LogP contribution is -2.10. The van der Waals surface area contributed by atoms with Crippen LogP contribution in [0.2, 0.25) is 0 Å². The second-order valence-electron chi connectivity index (χ2n) is 7.75. The van der Waals surface area contributed by atoms with E-state index in [0.717, 1.165) is 5.56 Å². The number of hydrogen-bond acceptors (Lipinski definition) is 4. The predicted octanol–water partition coefficient (Wildman–Crippen LogP) is 8.32. The van der Waals surface area contributed by atoms with Gasteiger partial charge in [0.1, 0.15) is 11.5 Å². The van der Waals surface area contributed by atoms with Crippen LogP contribution in [0.25, 0.3) is 0 Å². The molecule has 33 heavy (non-hydrogen) atoms. The Morgan fingerprint density at radius 2 is 1.21 bits per heavy atom. The summed E-state index contributed by atoms with van der Waals surface area (Å²) in [5.41, 5.74) is 2.85. The third-order valence-electron chi connectivity index (χ3n) is 4.28. The van der Waals surface area contributed by atoms with Crippen LogP contribution < -0.4 is 4.74 Å². The summed E-state index contributed by atoms with van der Waals surface area (Å²) >= 11 is 0. The van der Waals surface area contributed by atoms with Crippen LogP contribution in [0.3, 0.4) is 0 Å². The molecule has 3 rings (SSSR count). The van der Waals surface area contributed by atoms with Gasteiger partial charge in [-0.1, -0.05) is 84.9 Å². The molecule has 0 fully saturated rings. The summed E-state index contributed by atoms with van der Waals surface area (Å²) in [7, 11) is 0. The molecule has 1 heterocycles. The first kappa shape index (κ1) is 29.7. The highest BCUT2D eigenvalue weighted by molar-refractivity contribution is 5.94. The van der Waals surface area contributed by atoms with E-state index in [1.807, 2.05) is 58.0 Å². The van der Waals surface area contributed by atoms with Crippen molar-refractivity contribution < 1.29 is 14.3 Å². The van der Waals surface area contributed by atoms with E-state index < -0.39 is 0 Å². The molecule has 0 saturated heterocycles. The van der Waals surface area contributed by atoms with Crippen molar-refractivity contribution >= 4 is 11.6 Å². The van der Waals surface area contributed by atoms with E-state index in [1.54, 1.807) is 49.6 Å². The van der Waals surface area contributed by atoms with Gasteiger partial charge in [0.25, 0.3) is 0 Å². The van der Waals surface area contributed by atoms with Crippen LogP contribution in [-0.4, -0.2) is 16.6 Å². The van der Waals surface area contributed by atoms with Crippen LogP contribution >= 0.6 is 0 Å². The molecule has 0 amide bonds. The van der Waals surface area contributed by atoms with E-state index in [2.05, 4.69) is 25.8 Å². The molecule has 1 aromatic heterocycles. The lowest BCUT2D eigenvalue weighted by Gasteiger charge is -2.18. The third-order valence-corrected chi connectivity index (χ3v) is 4.28. The molecule has 178 valence electrons. The van der Waals surface area contributed by atoms with Gasteiger partial charge in [-0.2, -0.15) is 0 Å². The highest BCUT2D eigenvalue weighted by Gasteiger charge is 2.13. The number of benzene rings is 2. The van der Waals surface area contributed by atoms with Gasteiger partial charge < -0.3 is 4.74 Å². The summed E-state index contributed by atoms with van der Waals surface area (Å²) in [5, 5.41) is 0.